The summed E-state index contributed by atoms with van der Waals surface area (Å²) in [6.45, 7) is 0. The lowest BCUT2D eigenvalue weighted by Gasteiger charge is -2.30. The lowest BCUT2D eigenvalue weighted by atomic mass is 9.78. The lowest BCUT2D eigenvalue weighted by molar-refractivity contribution is 0.529. The molecule has 1 nitrogen and oxygen atoms in total. The van der Waals surface area contributed by atoms with Crippen molar-refractivity contribution in [3.05, 3.63) is 76.8 Å². The minimum atomic E-state index is 0.141. The molecule has 0 aliphatic heterocycles. The van der Waals surface area contributed by atoms with Crippen LogP contribution in [-0.4, -0.2) is 6.04 Å². The van der Waals surface area contributed by atoms with Gasteiger partial charge in [-0.2, -0.15) is 0 Å². The molecule has 2 heteroatoms. The molecule has 0 unspecified atom stereocenters. The summed E-state index contributed by atoms with van der Waals surface area (Å²) in [5.41, 5.74) is 10.1. The van der Waals surface area contributed by atoms with Crippen molar-refractivity contribution in [3.8, 4) is 0 Å². The molecule has 0 saturated heterocycles. The Bertz CT molecular complexity index is 618. The Morgan fingerprint density at radius 3 is 2.40 bits per heavy atom. The number of nitrogens with two attached hydrogens (primary N) is 1. The summed E-state index contributed by atoms with van der Waals surface area (Å²) in [7, 11) is 0. The molecule has 2 aromatic carbocycles. The van der Waals surface area contributed by atoms with Gasteiger partial charge in [0.15, 0.2) is 0 Å². The highest BCUT2D eigenvalue weighted by Crippen LogP contribution is 2.38. The topological polar surface area (TPSA) is 26.0 Å². The Kier molecular flexibility index (Phi) is 3.90. The third-order valence-corrected chi connectivity index (χ3v) is 4.39. The van der Waals surface area contributed by atoms with Crippen molar-refractivity contribution in [2.75, 3.05) is 0 Å². The Labute approximate surface area is 125 Å². The van der Waals surface area contributed by atoms with Crippen molar-refractivity contribution in [3.63, 3.8) is 0 Å². The maximum absolute atomic E-state index is 6.34. The predicted molar refractivity (Wildman–Crippen MR) is 85.8 cm³/mol. The van der Waals surface area contributed by atoms with Crippen molar-refractivity contribution in [1.82, 2.24) is 0 Å². The number of hydrogen-bond acceptors (Lipinski definition) is 1. The van der Waals surface area contributed by atoms with Gasteiger partial charge in [-0.05, 0) is 35.6 Å². The quantitative estimate of drug-likeness (QED) is 0.854. The summed E-state index contributed by atoms with van der Waals surface area (Å²) >= 11 is 6.34. The lowest BCUT2D eigenvalue weighted by Crippen LogP contribution is -2.30. The van der Waals surface area contributed by atoms with E-state index in [2.05, 4.69) is 36.4 Å². The van der Waals surface area contributed by atoms with Crippen LogP contribution in [0, 0.1) is 0 Å². The molecule has 0 aromatic heterocycles. The van der Waals surface area contributed by atoms with E-state index in [1.54, 1.807) is 0 Å². The van der Waals surface area contributed by atoms with Crippen LogP contribution >= 0.6 is 11.6 Å². The predicted octanol–water partition coefficient (Wildman–Crippen LogP) is 4.63. The molecule has 0 heterocycles. The van der Waals surface area contributed by atoms with Gasteiger partial charge in [-0.15, -0.1) is 0 Å². The molecule has 3 rings (SSSR count). The molecule has 2 aromatic rings. The highest BCUT2D eigenvalue weighted by molar-refractivity contribution is 6.31. The highest BCUT2D eigenvalue weighted by atomic mass is 35.5. The molecule has 0 saturated carbocycles. The van der Waals surface area contributed by atoms with Crippen LogP contribution < -0.4 is 5.73 Å². The van der Waals surface area contributed by atoms with E-state index in [9.17, 15) is 0 Å². The Balaban J connectivity index is 1.91. The summed E-state index contributed by atoms with van der Waals surface area (Å²) in [6, 6.07) is 18.7. The molecule has 0 radical (unpaired) electrons. The second kappa shape index (κ2) is 5.82. The summed E-state index contributed by atoms with van der Waals surface area (Å²) < 4.78 is 0. The standard InChI is InChI=1S/C18H18ClN/c19-17-9-5-4-8-15(17)16-12-14(10-11-18(16)20)13-6-2-1-3-7-13/h1-10,16,18H,11-12,20H2/t16-,18+/m1/s1. The van der Waals surface area contributed by atoms with Crippen LogP contribution in [0.25, 0.3) is 5.57 Å². The number of halogens is 1. The van der Waals surface area contributed by atoms with E-state index in [0.717, 1.165) is 17.9 Å². The van der Waals surface area contributed by atoms with Crippen molar-refractivity contribution < 1.29 is 0 Å². The van der Waals surface area contributed by atoms with Crippen molar-refractivity contribution >= 4 is 17.2 Å². The van der Waals surface area contributed by atoms with Gasteiger partial charge in [0, 0.05) is 17.0 Å². The van der Waals surface area contributed by atoms with Crippen LogP contribution in [0.3, 0.4) is 0 Å². The molecule has 0 amide bonds. The molecular weight excluding hydrogens is 266 g/mol. The molecule has 2 N–H and O–H groups in total. The molecule has 1 aliphatic rings. The first-order valence-corrected chi connectivity index (χ1v) is 7.38. The first-order chi connectivity index (χ1) is 9.75. The molecule has 1 aliphatic carbocycles. The zero-order chi connectivity index (χ0) is 13.9. The van der Waals surface area contributed by atoms with Crippen LogP contribution in [0.1, 0.15) is 29.9 Å². The van der Waals surface area contributed by atoms with Gasteiger partial charge in [-0.3, -0.25) is 0 Å². The Hall–Kier alpha value is -1.57. The van der Waals surface area contributed by atoms with Crippen LogP contribution in [-0.2, 0) is 0 Å². The van der Waals surface area contributed by atoms with Crippen LogP contribution in [0.4, 0.5) is 0 Å². The average molecular weight is 284 g/mol. The van der Waals surface area contributed by atoms with E-state index >= 15 is 0 Å². The molecule has 102 valence electrons. The summed E-state index contributed by atoms with van der Waals surface area (Å²) in [5.74, 6) is 0.295. The maximum atomic E-state index is 6.34. The van der Waals surface area contributed by atoms with Gasteiger partial charge in [0.25, 0.3) is 0 Å². The number of rotatable bonds is 2. The second-order valence-electron chi connectivity index (χ2n) is 5.33. The monoisotopic (exact) mass is 283 g/mol. The fraction of sp³-hybridized carbons (Fsp3) is 0.222. The summed E-state index contributed by atoms with van der Waals surface area (Å²) in [6.07, 6.45) is 4.13. The third kappa shape index (κ3) is 2.65. The fourth-order valence-corrected chi connectivity index (χ4v) is 3.19. The fourth-order valence-electron chi connectivity index (χ4n) is 2.92. The van der Waals surface area contributed by atoms with E-state index in [1.165, 1.54) is 16.7 Å². The smallest absolute Gasteiger partial charge is 0.0441 e. The van der Waals surface area contributed by atoms with Crippen LogP contribution in [0.15, 0.2) is 60.7 Å². The van der Waals surface area contributed by atoms with E-state index < -0.39 is 0 Å². The maximum Gasteiger partial charge on any atom is 0.0441 e. The molecule has 0 spiro atoms. The Morgan fingerprint density at radius 2 is 1.65 bits per heavy atom. The van der Waals surface area contributed by atoms with Gasteiger partial charge < -0.3 is 5.73 Å². The third-order valence-electron chi connectivity index (χ3n) is 4.04. The van der Waals surface area contributed by atoms with Gasteiger partial charge >= 0.3 is 0 Å². The zero-order valence-electron chi connectivity index (χ0n) is 11.3. The van der Waals surface area contributed by atoms with E-state index in [0.29, 0.717) is 5.92 Å². The molecule has 2 atom stereocenters. The van der Waals surface area contributed by atoms with E-state index in [1.807, 2.05) is 24.3 Å². The Morgan fingerprint density at radius 1 is 0.950 bits per heavy atom. The first-order valence-electron chi connectivity index (χ1n) is 7.00. The largest absolute Gasteiger partial charge is 0.327 e. The van der Waals surface area contributed by atoms with Crippen molar-refractivity contribution in [2.24, 2.45) is 5.73 Å². The van der Waals surface area contributed by atoms with Gasteiger partial charge in [0.05, 0.1) is 0 Å². The molecule has 0 fully saturated rings. The van der Waals surface area contributed by atoms with E-state index in [-0.39, 0.29) is 6.04 Å². The molecule has 20 heavy (non-hydrogen) atoms. The average Bonchev–Trinajstić information content (AvgIpc) is 2.49. The first kappa shape index (κ1) is 13.4. The van der Waals surface area contributed by atoms with E-state index in [4.69, 9.17) is 17.3 Å². The van der Waals surface area contributed by atoms with Crippen molar-refractivity contribution in [2.45, 2.75) is 24.8 Å². The summed E-state index contributed by atoms with van der Waals surface area (Å²) in [5, 5.41) is 0.822. The van der Waals surface area contributed by atoms with Crippen LogP contribution in [0.2, 0.25) is 5.02 Å². The van der Waals surface area contributed by atoms with Crippen LogP contribution in [0.5, 0.6) is 0 Å². The second-order valence-corrected chi connectivity index (χ2v) is 5.73. The number of allylic oxidation sites excluding steroid dienone is 1. The van der Waals surface area contributed by atoms with Gasteiger partial charge in [0.2, 0.25) is 0 Å². The normalized spacial score (nSPS) is 22.4. The summed E-state index contributed by atoms with van der Waals surface area (Å²) in [4.78, 5) is 0. The molecule has 0 bridgehead atoms. The van der Waals surface area contributed by atoms with Gasteiger partial charge in [-0.1, -0.05) is 66.2 Å². The van der Waals surface area contributed by atoms with Gasteiger partial charge in [-0.25, -0.2) is 0 Å². The van der Waals surface area contributed by atoms with Crippen molar-refractivity contribution in [1.29, 1.82) is 0 Å². The zero-order valence-corrected chi connectivity index (χ0v) is 12.1. The number of benzene rings is 2. The SMILES string of the molecule is N[C@H]1CC=C(c2ccccc2)C[C@@H]1c1ccccc1Cl. The molecular formula is C18H18ClN. The minimum Gasteiger partial charge on any atom is -0.327 e. The highest BCUT2D eigenvalue weighted by Gasteiger charge is 2.26. The minimum absolute atomic E-state index is 0.141. The number of hydrogen-bond donors (Lipinski definition) is 1. The van der Waals surface area contributed by atoms with Gasteiger partial charge in [0.1, 0.15) is 0 Å².